The summed E-state index contributed by atoms with van der Waals surface area (Å²) < 4.78 is -1.66. The van der Waals surface area contributed by atoms with Crippen LogP contribution in [0.5, 0.6) is 0 Å². The van der Waals surface area contributed by atoms with E-state index >= 15 is 0 Å². The van der Waals surface area contributed by atoms with E-state index < -0.39 is 16.2 Å². The molecule has 0 unspecified atom stereocenters. The molecule has 0 saturated carbocycles. The van der Waals surface area contributed by atoms with Gasteiger partial charge in [0.1, 0.15) is 0 Å². The first kappa shape index (κ1) is 29.9. The van der Waals surface area contributed by atoms with Gasteiger partial charge in [0, 0.05) is 0 Å². The topological polar surface area (TPSA) is 37.3 Å². The van der Waals surface area contributed by atoms with E-state index in [-0.39, 0.29) is 0 Å². The maximum atomic E-state index is 9.76. The first-order valence-electron chi connectivity index (χ1n) is 5.70. The third-order valence-electron chi connectivity index (χ3n) is 0.352. The van der Waals surface area contributed by atoms with Gasteiger partial charge < -0.3 is 5.11 Å². The molecule has 104 valence electrons. The smallest absolute Gasteiger partial charge is 0.307 e. The van der Waals surface area contributed by atoms with Gasteiger partial charge >= 0.3 is 5.97 Å². The minimum atomic E-state index is -1.66. The van der Waals surface area contributed by atoms with Crippen LogP contribution in [0.3, 0.4) is 0 Å². The summed E-state index contributed by atoms with van der Waals surface area (Å²) in [7, 11) is 0. The number of hydrogen-bond donors (Lipinski definition) is 1. The minimum Gasteiger partial charge on any atom is -0.481 e. The van der Waals surface area contributed by atoms with Crippen LogP contribution < -0.4 is 0 Å². The van der Waals surface area contributed by atoms with Gasteiger partial charge in [0.15, 0.2) is 0 Å². The van der Waals surface area contributed by atoms with Crippen molar-refractivity contribution >= 4 is 40.8 Å². The predicted molar refractivity (Wildman–Crippen MR) is 77.9 cm³/mol. The molecular weight excluding hydrogens is 270 g/mol. The number of alkyl halides is 3. The molecule has 5 heteroatoms. The van der Waals surface area contributed by atoms with E-state index in [4.69, 9.17) is 39.9 Å². The monoisotopic (exact) mass is 296 g/mol. The number of halogens is 3. The van der Waals surface area contributed by atoms with E-state index in [1.807, 2.05) is 55.4 Å². The Hall–Kier alpha value is 0.340. The van der Waals surface area contributed by atoms with Crippen molar-refractivity contribution in [2.45, 2.75) is 65.6 Å². The Balaban J connectivity index is -0.0000000426. The van der Waals surface area contributed by atoms with E-state index in [1.165, 1.54) is 0 Å². The average Bonchev–Trinajstić information content (AvgIpc) is 2.26. The zero-order valence-corrected chi connectivity index (χ0v) is 14.0. The Bertz CT molecular complexity index is 102. The molecule has 0 bridgehead atoms. The average molecular weight is 298 g/mol. The molecule has 0 spiro atoms. The second kappa shape index (κ2) is 29.5. The van der Waals surface area contributed by atoms with Gasteiger partial charge in [-0.3, -0.25) is 4.79 Å². The summed E-state index contributed by atoms with van der Waals surface area (Å²) >= 11 is 15.2. The van der Waals surface area contributed by atoms with Gasteiger partial charge in [-0.25, -0.2) is 0 Å². The standard InChI is InChI=1S/C3H3Cl3O2.4C2H6/c4-3(5,6)1-2(7)8;4*1-2/h1H2,(H,7,8);4*1-2H3. The minimum absolute atomic E-state index is 0.461. The van der Waals surface area contributed by atoms with Crippen LogP contribution in [0.4, 0.5) is 0 Å². The highest BCUT2D eigenvalue weighted by molar-refractivity contribution is 6.68. The Morgan fingerprint density at radius 2 is 1.06 bits per heavy atom. The van der Waals surface area contributed by atoms with Crippen molar-refractivity contribution in [3.63, 3.8) is 0 Å². The molecule has 0 radical (unpaired) electrons. The van der Waals surface area contributed by atoms with Gasteiger partial charge in [-0.2, -0.15) is 0 Å². The third-order valence-corrected chi connectivity index (χ3v) is 0.753. The molecule has 0 aromatic rings. The lowest BCUT2D eigenvalue weighted by molar-refractivity contribution is -0.136. The molecule has 0 atom stereocenters. The fourth-order valence-electron chi connectivity index (χ4n) is 0.171. The van der Waals surface area contributed by atoms with Crippen LogP contribution in [0.1, 0.15) is 61.8 Å². The predicted octanol–water partition coefficient (Wildman–Crippen LogP) is 5.94. The first-order valence-corrected chi connectivity index (χ1v) is 6.84. The number of hydrogen-bond acceptors (Lipinski definition) is 1. The molecule has 0 fully saturated rings. The van der Waals surface area contributed by atoms with E-state index in [0.717, 1.165) is 0 Å². The van der Waals surface area contributed by atoms with E-state index in [2.05, 4.69) is 0 Å². The SMILES string of the molecule is CC.CC.CC.CC.O=C(O)CC(Cl)(Cl)Cl. The first-order chi connectivity index (χ1) is 7.42. The summed E-state index contributed by atoms with van der Waals surface area (Å²) in [5.41, 5.74) is 0. The summed E-state index contributed by atoms with van der Waals surface area (Å²) in [5.74, 6) is -1.12. The van der Waals surface area contributed by atoms with Crippen LogP contribution in [-0.2, 0) is 4.79 Å². The van der Waals surface area contributed by atoms with Gasteiger partial charge in [-0.05, 0) is 0 Å². The molecule has 0 aliphatic rings. The number of rotatable bonds is 1. The zero-order valence-electron chi connectivity index (χ0n) is 11.7. The van der Waals surface area contributed by atoms with Crippen molar-refractivity contribution in [2.24, 2.45) is 0 Å². The number of carboxylic acids is 1. The number of aliphatic carboxylic acids is 1. The Labute approximate surface area is 116 Å². The Morgan fingerprint density at radius 3 is 1.06 bits per heavy atom. The highest BCUT2D eigenvalue weighted by Crippen LogP contribution is 2.29. The van der Waals surface area contributed by atoms with Crippen molar-refractivity contribution in [1.29, 1.82) is 0 Å². The molecule has 1 N–H and O–H groups in total. The van der Waals surface area contributed by atoms with Crippen LogP contribution in [0.15, 0.2) is 0 Å². The van der Waals surface area contributed by atoms with E-state index in [9.17, 15) is 4.79 Å². The van der Waals surface area contributed by atoms with Gasteiger partial charge in [-0.1, -0.05) is 90.2 Å². The molecule has 0 saturated heterocycles. The molecule has 0 aliphatic carbocycles. The molecule has 0 rings (SSSR count). The number of carboxylic acid groups (broad SMARTS) is 1. The largest absolute Gasteiger partial charge is 0.481 e. The van der Waals surface area contributed by atoms with Crippen molar-refractivity contribution in [3.8, 4) is 0 Å². The molecule has 2 nitrogen and oxygen atoms in total. The molecular formula is C11H27Cl3O2. The van der Waals surface area contributed by atoms with E-state index in [0.29, 0.717) is 0 Å². The lowest BCUT2D eigenvalue weighted by atomic mass is 10.5. The van der Waals surface area contributed by atoms with Gasteiger partial charge in [-0.15, -0.1) is 0 Å². The summed E-state index contributed by atoms with van der Waals surface area (Å²) in [6.07, 6.45) is -0.461. The van der Waals surface area contributed by atoms with E-state index in [1.54, 1.807) is 0 Å². The van der Waals surface area contributed by atoms with Crippen LogP contribution in [0.25, 0.3) is 0 Å². The summed E-state index contributed by atoms with van der Waals surface area (Å²) in [6, 6.07) is 0. The molecule has 16 heavy (non-hydrogen) atoms. The maximum absolute atomic E-state index is 9.76. The highest BCUT2D eigenvalue weighted by Gasteiger charge is 2.23. The Morgan fingerprint density at radius 1 is 0.875 bits per heavy atom. The molecule has 0 aromatic carbocycles. The lowest BCUT2D eigenvalue weighted by Gasteiger charge is -2.03. The molecule has 0 aromatic heterocycles. The summed E-state index contributed by atoms with van der Waals surface area (Å²) in [5, 5.41) is 8.00. The van der Waals surface area contributed by atoms with Crippen molar-refractivity contribution in [2.75, 3.05) is 0 Å². The number of carbonyl (C=O) groups is 1. The van der Waals surface area contributed by atoms with Gasteiger partial charge in [0.05, 0.1) is 6.42 Å². The normalized spacial score (nSPS) is 7.19. The van der Waals surface area contributed by atoms with Crippen LogP contribution in [-0.4, -0.2) is 14.9 Å². The molecule has 0 amide bonds. The lowest BCUT2D eigenvalue weighted by Crippen LogP contribution is -2.09. The van der Waals surface area contributed by atoms with Crippen LogP contribution >= 0.6 is 34.8 Å². The van der Waals surface area contributed by atoms with Crippen molar-refractivity contribution < 1.29 is 9.90 Å². The third kappa shape index (κ3) is 89.5. The van der Waals surface area contributed by atoms with Gasteiger partial charge in [0.25, 0.3) is 0 Å². The summed E-state index contributed by atoms with van der Waals surface area (Å²) in [6.45, 7) is 16.0. The maximum Gasteiger partial charge on any atom is 0.307 e. The quantitative estimate of drug-likeness (QED) is 0.608. The second-order valence-electron chi connectivity index (χ2n) is 1.19. The van der Waals surface area contributed by atoms with Crippen LogP contribution in [0.2, 0.25) is 0 Å². The van der Waals surface area contributed by atoms with Crippen LogP contribution in [0, 0.1) is 0 Å². The highest BCUT2D eigenvalue weighted by atomic mass is 35.6. The van der Waals surface area contributed by atoms with Crippen molar-refractivity contribution in [1.82, 2.24) is 0 Å². The molecule has 0 aliphatic heterocycles. The fraction of sp³-hybridized carbons (Fsp3) is 0.909. The molecule has 0 heterocycles. The summed E-state index contributed by atoms with van der Waals surface area (Å²) in [4.78, 5) is 9.76. The Kier molecular flexibility index (Phi) is 55.1. The second-order valence-corrected chi connectivity index (χ2v) is 3.70. The van der Waals surface area contributed by atoms with Crippen molar-refractivity contribution in [3.05, 3.63) is 0 Å². The van der Waals surface area contributed by atoms with Gasteiger partial charge in [0.2, 0.25) is 3.79 Å². The fourth-order valence-corrected chi connectivity index (χ4v) is 0.514. The zero-order chi connectivity index (χ0) is 14.8.